The first-order valence-electron chi connectivity index (χ1n) is 7.58. The maximum absolute atomic E-state index is 12.6. The number of alkyl halides is 3. The lowest BCUT2D eigenvalue weighted by atomic mass is 10.1. The van der Waals surface area contributed by atoms with Crippen LogP contribution in [-0.4, -0.2) is 9.97 Å². The van der Waals surface area contributed by atoms with Gasteiger partial charge in [-0.1, -0.05) is 42.5 Å². The minimum atomic E-state index is -4.45. The first kappa shape index (κ1) is 15.4. The van der Waals surface area contributed by atoms with Crippen molar-refractivity contribution in [2.75, 3.05) is 5.32 Å². The molecule has 6 heteroatoms. The number of hydrogen-bond acceptors (Lipinski definition) is 3. The van der Waals surface area contributed by atoms with E-state index in [0.29, 0.717) is 0 Å². The number of benzene rings is 1. The molecule has 0 unspecified atom stereocenters. The standard InChI is InChI=1S/C19H12F3N3/c20-19(21,22)15-10-23-18(24-11-15)25-17-6-2-4-13-8-7-12-3-1-5-14(12)9-16(13)17/h1-11H,(H,23,24,25). The lowest BCUT2D eigenvalue weighted by Gasteiger charge is -2.09. The molecule has 0 atom stereocenters. The summed E-state index contributed by atoms with van der Waals surface area (Å²) in [6.45, 7) is 0. The summed E-state index contributed by atoms with van der Waals surface area (Å²) in [5.74, 6) is 0.116. The van der Waals surface area contributed by atoms with Gasteiger partial charge in [-0.15, -0.1) is 0 Å². The average Bonchev–Trinajstić information content (AvgIpc) is 2.94. The van der Waals surface area contributed by atoms with Gasteiger partial charge in [0.1, 0.15) is 0 Å². The minimum Gasteiger partial charge on any atom is -0.324 e. The topological polar surface area (TPSA) is 37.8 Å². The Balaban J connectivity index is 1.75. The Labute approximate surface area is 141 Å². The van der Waals surface area contributed by atoms with E-state index in [0.717, 1.165) is 40.0 Å². The van der Waals surface area contributed by atoms with Crippen molar-refractivity contribution < 1.29 is 13.2 Å². The highest BCUT2D eigenvalue weighted by Crippen LogP contribution is 2.32. The van der Waals surface area contributed by atoms with Crippen LogP contribution in [0.25, 0.3) is 21.9 Å². The van der Waals surface area contributed by atoms with E-state index in [2.05, 4.69) is 15.3 Å². The zero-order valence-corrected chi connectivity index (χ0v) is 12.9. The molecular weight excluding hydrogens is 327 g/mol. The zero-order chi connectivity index (χ0) is 17.4. The third-order valence-corrected chi connectivity index (χ3v) is 3.99. The average molecular weight is 339 g/mol. The predicted octanol–water partition coefficient (Wildman–Crippen LogP) is 5.50. The molecule has 3 nitrogen and oxygen atoms in total. The number of hydrogen-bond donors (Lipinski definition) is 1. The van der Waals surface area contributed by atoms with Gasteiger partial charge in [0.2, 0.25) is 5.95 Å². The molecule has 0 amide bonds. The molecule has 1 N–H and O–H groups in total. The fourth-order valence-electron chi connectivity index (χ4n) is 2.72. The highest BCUT2D eigenvalue weighted by molar-refractivity contribution is 5.97. The predicted molar refractivity (Wildman–Crippen MR) is 90.9 cm³/mol. The lowest BCUT2D eigenvalue weighted by Crippen LogP contribution is -2.07. The molecular formula is C19H12F3N3. The molecule has 2 aliphatic carbocycles. The molecule has 124 valence electrons. The highest BCUT2D eigenvalue weighted by atomic mass is 19.4. The van der Waals surface area contributed by atoms with Crippen molar-refractivity contribution in [2.45, 2.75) is 6.18 Å². The molecule has 1 aromatic heterocycles. The molecule has 1 aromatic carbocycles. The molecule has 25 heavy (non-hydrogen) atoms. The van der Waals surface area contributed by atoms with Crippen LogP contribution in [0.4, 0.5) is 24.8 Å². The normalized spacial score (nSPS) is 11.8. The second-order valence-electron chi connectivity index (χ2n) is 5.64. The fraction of sp³-hybridized carbons (Fsp3) is 0.0526. The molecule has 2 aromatic rings. The van der Waals surface area contributed by atoms with Gasteiger partial charge in [0.05, 0.1) is 5.56 Å². The van der Waals surface area contributed by atoms with E-state index in [1.54, 1.807) is 0 Å². The van der Waals surface area contributed by atoms with Crippen LogP contribution in [0.3, 0.4) is 0 Å². The van der Waals surface area contributed by atoms with Crippen molar-refractivity contribution in [1.29, 1.82) is 0 Å². The number of aromatic nitrogens is 2. The summed E-state index contributed by atoms with van der Waals surface area (Å²) in [7, 11) is 0. The van der Waals surface area contributed by atoms with Gasteiger partial charge in [-0.2, -0.15) is 13.2 Å². The van der Waals surface area contributed by atoms with Crippen molar-refractivity contribution in [3.05, 3.63) is 72.6 Å². The Bertz CT molecular complexity index is 1010. The number of anilines is 2. The minimum absolute atomic E-state index is 0.116. The van der Waals surface area contributed by atoms with Crippen molar-refractivity contribution >= 4 is 22.4 Å². The van der Waals surface area contributed by atoms with Gasteiger partial charge in [-0.05, 0) is 28.6 Å². The van der Waals surface area contributed by atoms with Gasteiger partial charge < -0.3 is 5.32 Å². The maximum Gasteiger partial charge on any atom is 0.419 e. The molecule has 0 saturated heterocycles. The van der Waals surface area contributed by atoms with E-state index in [9.17, 15) is 13.2 Å². The molecule has 0 saturated carbocycles. The smallest absolute Gasteiger partial charge is 0.324 e. The SMILES string of the molecule is FC(F)(F)c1cnc(Nc2cccc3ccc4cccc-4cc23)nc1. The lowest BCUT2D eigenvalue weighted by molar-refractivity contribution is -0.138. The second-order valence-corrected chi connectivity index (χ2v) is 5.64. The van der Waals surface area contributed by atoms with Gasteiger partial charge in [0.25, 0.3) is 0 Å². The highest BCUT2D eigenvalue weighted by Gasteiger charge is 2.31. The molecule has 0 bridgehead atoms. The molecule has 0 radical (unpaired) electrons. The molecule has 1 heterocycles. The molecule has 0 fully saturated rings. The van der Waals surface area contributed by atoms with Crippen molar-refractivity contribution in [1.82, 2.24) is 9.97 Å². The van der Waals surface area contributed by atoms with Gasteiger partial charge in [-0.25, -0.2) is 9.97 Å². The Kier molecular flexibility index (Phi) is 3.53. The van der Waals surface area contributed by atoms with Gasteiger partial charge in [0, 0.05) is 23.5 Å². The summed E-state index contributed by atoms with van der Waals surface area (Å²) in [6.07, 6.45) is -2.90. The summed E-state index contributed by atoms with van der Waals surface area (Å²) < 4.78 is 37.8. The van der Waals surface area contributed by atoms with E-state index in [4.69, 9.17) is 0 Å². The van der Waals surface area contributed by atoms with Crippen LogP contribution in [0.1, 0.15) is 5.56 Å². The summed E-state index contributed by atoms with van der Waals surface area (Å²) in [4.78, 5) is 7.55. The van der Waals surface area contributed by atoms with E-state index >= 15 is 0 Å². The Morgan fingerprint density at radius 3 is 2.28 bits per heavy atom. The number of halogens is 3. The van der Waals surface area contributed by atoms with Gasteiger partial charge in [0.15, 0.2) is 0 Å². The Hall–Kier alpha value is -3.15. The third kappa shape index (κ3) is 2.98. The first-order valence-corrected chi connectivity index (χ1v) is 7.58. The van der Waals surface area contributed by atoms with E-state index in [1.807, 2.05) is 54.6 Å². The first-order chi connectivity index (χ1) is 12.0. The number of rotatable bonds is 2. The fourth-order valence-corrected chi connectivity index (χ4v) is 2.72. The van der Waals surface area contributed by atoms with Crippen molar-refractivity contribution in [2.24, 2.45) is 0 Å². The summed E-state index contributed by atoms with van der Waals surface area (Å²) in [5, 5.41) is 4.95. The van der Waals surface area contributed by atoms with E-state index in [-0.39, 0.29) is 5.95 Å². The zero-order valence-electron chi connectivity index (χ0n) is 12.9. The van der Waals surface area contributed by atoms with Crippen molar-refractivity contribution in [3.63, 3.8) is 0 Å². The Morgan fingerprint density at radius 2 is 1.52 bits per heavy atom. The van der Waals surface area contributed by atoms with Gasteiger partial charge >= 0.3 is 6.18 Å². The van der Waals surface area contributed by atoms with Crippen LogP contribution in [-0.2, 0) is 6.18 Å². The van der Waals surface area contributed by atoms with Crippen molar-refractivity contribution in [3.8, 4) is 11.1 Å². The van der Waals surface area contributed by atoms with Crippen LogP contribution in [0.15, 0.2) is 67.0 Å². The van der Waals surface area contributed by atoms with E-state index in [1.165, 1.54) is 0 Å². The summed E-state index contributed by atoms with van der Waals surface area (Å²) in [6, 6.07) is 17.8. The van der Waals surface area contributed by atoms with Gasteiger partial charge in [-0.3, -0.25) is 0 Å². The quantitative estimate of drug-likeness (QED) is 0.524. The van der Waals surface area contributed by atoms with Crippen LogP contribution in [0, 0.1) is 0 Å². The largest absolute Gasteiger partial charge is 0.419 e. The third-order valence-electron chi connectivity index (χ3n) is 3.99. The summed E-state index contributed by atoms with van der Waals surface area (Å²) in [5.41, 5.74) is 2.06. The molecule has 0 aliphatic heterocycles. The van der Waals surface area contributed by atoms with Crippen LogP contribution >= 0.6 is 0 Å². The van der Waals surface area contributed by atoms with Crippen LogP contribution in [0.2, 0.25) is 0 Å². The Morgan fingerprint density at radius 1 is 0.800 bits per heavy atom. The monoisotopic (exact) mass is 339 g/mol. The number of nitrogens with zero attached hydrogens (tertiary/aromatic N) is 2. The molecule has 2 aliphatic rings. The van der Waals surface area contributed by atoms with E-state index < -0.39 is 11.7 Å². The maximum atomic E-state index is 12.6. The molecule has 0 spiro atoms. The van der Waals surface area contributed by atoms with Crippen LogP contribution < -0.4 is 5.32 Å². The van der Waals surface area contributed by atoms with Crippen LogP contribution in [0.5, 0.6) is 0 Å². The summed E-state index contributed by atoms with van der Waals surface area (Å²) >= 11 is 0. The number of fused-ring (bicyclic) bond motifs is 2. The molecule has 4 rings (SSSR count). The number of nitrogens with one attached hydrogen (secondary N) is 1. The second kappa shape index (κ2) is 5.73.